The third kappa shape index (κ3) is 3.84. The summed E-state index contributed by atoms with van der Waals surface area (Å²) in [4.78, 5) is 17.8. The molecule has 0 aliphatic carbocycles. The molecule has 1 fully saturated rings. The highest BCUT2D eigenvalue weighted by atomic mass is 35.5. The number of hydrogen-bond acceptors (Lipinski definition) is 3. The molecule has 0 bridgehead atoms. The number of rotatable bonds is 1. The maximum Gasteiger partial charge on any atom is 0.255 e. The summed E-state index contributed by atoms with van der Waals surface area (Å²) in [5.41, 5.74) is 7.32. The van der Waals surface area contributed by atoms with E-state index in [1.807, 2.05) is 19.1 Å². The van der Waals surface area contributed by atoms with Gasteiger partial charge in [-0.15, -0.1) is 24.8 Å². The number of carbonyl (C=O) groups is 1. The summed E-state index contributed by atoms with van der Waals surface area (Å²) in [6.07, 6.45) is 2.52. The Morgan fingerprint density at radius 1 is 1.47 bits per heavy atom. The summed E-state index contributed by atoms with van der Waals surface area (Å²) >= 11 is 0. The molecule has 1 amide bonds. The Labute approximate surface area is 113 Å². The fourth-order valence-corrected chi connectivity index (χ4v) is 1.75. The van der Waals surface area contributed by atoms with Gasteiger partial charge in [0.05, 0.1) is 5.56 Å². The average molecular weight is 278 g/mol. The predicted molar refractivity (Wildman–Crippen MR) is 72.0 cm³/mol. The molecule has 1 unspecified atom stereocenters. The standard InChI is InChI=1S/C11H15N3O.2ClH/c1-8-2-3-9(6-13-8)11(15)14-5-4-10(12)7-14;;/h2-3,6,10H,4-5,7,12H2,1H3;2*1H. The second-order valence-electron chi connectivity index (χ2n) is 3.99. The topological polar surface area (TPSA) is 59.2 Å². The van der Waals surface area contributed by atoms with Gasteiger partial charge in [0.1, 0.15) is 0 Å². The largest absolute Gasteiger partial charge is 0.337 e. The second kappa shape index (κ2) is 6.79. The summed E-state index contributed by atoms with van der Waals surface area (Å²) in [5.74, 6) is 0.0375. The van der Waals surface area contributed by atoms with Gasteiger partial charge in [-0.1, -0.05) is 0 Å². The number of pyridine rings is 1. The molecule has 2 rings (SSSR count). The van der Waals surface area contributed by atoms with Gasteiger partial charge in [0.25, 0.3) is 5.91 Å². The van der Waals surface area contributed by atoms with Crippen LogP contribution in [0.1, 0.15) is 22.5 Å². The molecule has 6 heteroatoms. The van der Waals surface area contributed by atoms with Crippen molar-refractivity contribution in [3.05, 3.63) is 29.6 Å². The Morgan fingerprint density at radius 2 is 2.18 bits per heavy atom. The lowest BCUT2D eigenvalue weighted by molar-refractivity contribution is 0.0790. The van der Waals surface area contributed by atoms with Crippen LogP contribution in [-0.2, 0) is 0 Å². The number of nitrogens with two attached hydrogens (primary N) is 1. The Kier molecular flexibility index (Phi) is 6.45. The number of aryl methyl sites for hydroxylation is 1. The van der Waals surface area contributed by atoms with E-state index in [0.29, 0.717) is 12.1 Å². The number of hydrogen-bond donors (Lipinski definition) is 1. The molecule has 1 aliphatic rings. The molecule has 0 saturated carbocycles. The minimum absolute atomic E-state index is 0. The van der Waals surface area contributed by atoms with Gasteiger partial charge in [0, 0.05) is 31.0 Å². The maximum absolute atomic E-state index is 11.9. The molecule has 1 aromatic rings. The van der Waals surface area contributed by atoms with Crippen LogP contribution in [0.25, 0.3) is 0 Å². The number of amides is 1. The van der Waals surface area contributed by atoms with E-state index >= 15 is 0 Å². The molecule has 17 heavy (non-hydrogen) atoms. The molecule has 96 valence electrons. The normalized spacial score (nSPS) is 18.2. The molecule has 0 aromatic carbocycles. The van der Waals surface area contributed by atoms with E-state index in [1.54, 1.807) is 11.1 Å². The van der Waals surface area contributed by atoms with Crippen LogP contribution < -0.4 is 5.73 Å². The van der Waals surface area contributed by atoms with Gasteiger partial charge in [0.15, 0.2) is 0 Å². The lowest BCUT2D eigenvalue weighted by atomic mass is 10.2. The van der Waals surface area contributed by atoms with Crippen molar-refractivity contribution < 1.29 is 4.79 Å². The van der Waals surface area contributed by atoms with Gasteiger partial charge in [-0.25, -0.2) is 0 Å². The van der Waals surface area contributed by atoms with Crippen LogP contribution in [0, 0.1) is 6.92 Å². The van der Waals surface area contributed by atoms with Crippen molar-refractivity contribution in [2.45, 2.75) is 19.4 Å². The molecule has 2 heterocycles. The summed E-state index contributed by atoms with van der Waals surface area (Å²) in [6, 6.07) is 3.80. The SMILES string of the molecule is Cc1ccc(C(=O)N2CCC(N)C2)cn1.Cl.Cl. The number of nitrogens with zero attached hydrogens (tertiary/aromatic N) is 2. The first-order valence-electron chi connectivity index (χ1n) is 5.14. The first kappa shape index (κ1) is 16.2. The molecule has 1 aliphatic heterocycles. The zero-order chi connectivity index (χ0) is 10.8. The second-order valence-corrected chi connectivity index (χ2v) is 3.99. The van der Waals surface area contributed by atoms with Crippen molar-refractivity contribution in [2.24, 2.45) is 5.73 Å². The van der Waals surface area contributed by atoms with E-state index in [4.69, 9.17) is 5.73 Å². The van der Waals surface area contributed by atoms with Crippen LogP contribution in [0.5, 0.6) is 0 Å². The zero-order valence-electron chi connectivity index (χ0n) is 9.63. The van der Waals surface area contributed by atoms with Crippen LogP contribution in [0.15, 0.2) is 18.3 Å². The van der Waals surface area contributed by atoms with Crippen LogP contribution in [-0.4, -0.2) is 34.9 Å². The van der Waals surface area contributed by atoms with Crippen molar-refractivity contribution in [3.63, 3.8) is 0 Å². The molecule has 1 saturated heterocycles. The van der Waals surface area contributed by atoms with Crippen LogP contribution in [0.4, 0.5) is 0 Å². The minimum Gasteiger partial charge on any atom is -0.337 e. The van der Waals surface area contributed by atoms with E-state index in [2.05, 4.69) is 4.98 Å². The van der Waals surface area contributed by atoms with Gasteiger partial charge < -0.3 is 10.6 Å². The summed E-state index contributed by atoms with van der Waals surface area (Å²) in [6.45, 7) is 3.32. The van der Waals surface area contributed by atoms with Gasteiger partial charge in [-0.3, -0.25) is 9.78 Å². The third-order valence-corrected chi connectivity index (χ3v) is 2.67. The molecule has 1 aromatic heterocycles. The van der Waals surface area contributed by atoms with Gasteiger partial charge in [-0.05, 0) is 25.5 Å². The van der Waals surface area contributed by atoms with Crippen molar-refractivity contribution in [3.8, 4) is 0 Å². The van der Waals surface area contributed by atoms with Crippen LogP contribution in [0.3, 0.4) is 0 Å². The molecule has 2 N–H and O–H groups in total. The van der Waals surface area contributed by atoms with Gasteiger partial charge in [0.2, 0.25) is 0 Å². The molecular formula is C11H17Cl2N3O. The summed E-state index contributed by atoms with van der Waals surface area (Å²) < 4.78 is 0. The van der Waals surface area contributed by atoms with E-state index in [0.717, 1.165) is 18.7 Å². The number of carbonyl (C=O) groups excluding carboxylic acids is 1. The highest BCUT2D eigenvalue weighted by molar-refractivity contribution is 5.94. The quantitative estimate of drug-likeness (QED) is 0.845. The lowest BCUT2D eigenvalue weighted by Crippen LogP contribution is -2.31. The number of halogens is 2. The third-order valence-electron chi connectivity index (χ3n) is 2.67. The highest BCUT2D eigenvalue weighted by Gasteiger charge is 2.24. The van der Waals surface area contributed by atoms with E-state index < -0.39 is 0 Å². The maximum atomic E-state index is 11.9. The Hall–Kier alpha value is -0.840. The fraction of sp³-hybridized carbons (Fsp3) is 0.455. The Morgan fingerprint density at radius 3 is 2.65 bits per heavy atom. The summed E-state index contributed by atoms with van der Waals surface area (Å²) in [7, 11) is 0. The van der Waals surface area contributed by atoms with Crippen molar-refractivity contribution >= 4 is 30.7 Å². The highest BCUT2D eigenvalue weighted by Crippen LogP contribution is 2.11. The minimum atomic E-state index is 0. The number of aromatic nitrogens is 1. The van der Waals surface area contributed by atoms with Gasteiger partial charge in [-0.2, -0.15) is 0 Å². The Bertz CT molecular complexity index is 369. The monoisotopic (exact) mass is 277 g/mol. The van der Waals surface area contributed by atoms with E-state index in [-0.39, 0.29) is 36.8 Å². The zero-order valence-corrected chi connectivity index (χ0v) is 11.3. The smallest absolute Gasteiger partial charge is 0.255 e. The van der Waals surface area contributed by atoms with Crippen molar-refractivity contribution in [1.29, 1.82) is 0 Å². The first-order chi connectivity index (χ1) is 7.16. The fourth-order valence-electron chi connectivity index (χ4n) is 1.75. The van der Waals surface area contributed by atoms with Gasteiger partial charge >= 0.3 is 0 Å². The number of likely N-dealkylation sites (tertiary alicyclic amines) is 1. The lowest BCUT2D eigenvalue weighted by Gasteiger charge is -2.15. The van der Waals surface area contributed by atoms with Crippen LogP contribution >= 0.6 is 24.8 Å². The van der Waals surface area contributed by atoms with E-state index in [9.17, 15) is 4.79 Å². The summed E-state index contributed by atoms with van der Waals surface area (Å²) in [5, 5.41) is 0. The van der Waals surface area contributed by atoms with Crippen molar-refractivity contribution in [2.75, 3.05) is 13.1 Å². The predicted octanol–water partition coefficient (Wildman–Crippen LogP) is 1.41. The van der Waals surface area contributed by atoms with Crippen LogP contribution in [0.2, 0.25) is 0 Å². The molecule has 0 radical (unpaired) electrons. The average Bonchev–Trinajstić information content (AvgIpc) is 2.65. The molecular weight excluding hydrogens is 261 g/mol. The van der Waals surface area contributed by atoms with Crippen molar-refractivity contribution in [1.82, 2.24) is 9.88 Å². The Balaban J connectivity index is 0.00000128. The molecule has 4 nitrogen and oxygen atoms in total. The molecule has 1 atom stereocenters. The van der Waals surface area contributed by atoms with E-state index in [1.165, 1.54) is 0 Å². The first-order valence-corrected chi connectivity index (χ1v) is 5.14. The molecule has 0 spiro atoms.